The molecule has 3 N–H and O–H groups in total. The van der Waals surface area contributed by atoms with Gasteiger partial charge in [-0.15, -0.1) is 0 Å². The largest absolute Gasteiger partial charge is 0.348 e. The molecule has 0 spiro atoms. The van der Waals surface area contributed by atoms with Gasteiger partial charge in [-0.05, 0) is 36.8 Å². The average Bonchev–Trinajstić information content (AvgIpc) is 3.17. The van der Waals surface area contributed by atoms with Crippen LogP contribution in [0.1, 0.15) is 18.5 Å². The zero-order valence-corrected chi connectivity index (χ0v) is 16.1. The Labute approximate surface area is 168 Å². The minimum absolute atomic E-state index is 0.0735. The molecule has 0 fully saturated rings. The molecule has 2 heterocycles. The third-order valence-corrected chi connectivity index (χ3v) is 4.57. The molecule has 0 saturated carbocycles. The van der Waals surface area contributed by atoms with Gasteiger partial charge in [0.2, 0.25) is 5.95 Å². The van der Waals surface area contributed by atoms with Crippen LogP contribution >= 0.6 is 0 Å². The minimum Gasteiger partial charge on any atom is -0.348 e. The van der Waals surface area contributed by atoms with Gasteiger partial charge in [0.15, 0.2) is 0 Å². The number of imidazole rings is 1. The molecule has 8 nitrogen and oxygen atoms in total. The quantitative estimate of drug-likeness (QED) is 0.485. The van der Waals surface area contributed by atoms with Crippen LogP contribution in [0.15, 0.2) is 67.1 Å². The molecule has 8 heteroatoms. The summed E-state index contributed by atoms with van der Waals surface area (Å²) in [6.07, 6.45) is 3.43. The summed E-state index contributed by atoms with van der Waals surface area (Å²) >= 11 is 0. The molecular weight excluding hydrogens is 366 g/mol. The molecule has 0 bridgehead atoms. The lowest BCUT2D eigenvalue weighted by Gasteiger charge is -2.14. The molecule has 0 aliphatic rings. The second kappa shape index (κ2) is 7.97. The number of amides is 2. The Hall–Kier alpha value is -3.94. The minimum atomic E-state index is -0.275. The van der Waals surface area contributed by atoms with E-state index < -0.39 is 0 Å². The van der Waals surface area contributed by atoms with E-state index in [0.717, 1.165) is 16.6 Å². The Morgan fingerprint density at radius 2 is 1.90 bits per heavy atom. The van der Waals surface area contributed by atoms with Crippen molar-refractivity contribution in [2.24, 2.45) is 0 Å². The van der Waals surface area contributed by atoms with Gasteiger partial charge in [0.1, 0.15) is 12.1 Å². The lowest BCUT2D eigenvalue weighted by molar-refractivity contribution is 0.254. The molecule has 1 atom stereocenters. The van der Waals surface area contributed by atoms with Crippen LogP contribution < -0.4 is 16.0 Å². The number of anilines is 2. The smallest absolute Gasteiger partial charge is 0.318 e. The van der Waals surface area contributed by atoms with E-state index in [1.54, 1.807) is 19.6 Å². The maximum absolute atomic E-state index is 11.5. The summed E-state index contributed by atoms with van der Waals surface area (Å²) in [6.45, 7) is 2.07. The second-order valence-electron chi connectivity index (χ2n) is 6.54. The predicted octanol–water partition coefficient (Wildman–Crippen LogP) is 3.74. The Morgan fingerprint density at radius 1 is 1.07 bits per heavy atom. The highest BCUT2D eigenvalue weighted by atomic mass is 16.2. The number of carbonyl (C=O) groups excluding carboxylic acids is 1. The summed E-state index contributed by atoms with van der Waals surface area (Å²) in [7, 11) is 1.57. The van der Waals surface area contributed by atoms with E-state index in [4.69, 9.17) is 0 Å². The van der Waals surface area contributed by atoms with Gasteiger partial charge in [0.05, 0.1) is 17.1 Å². The first-order valence-electron chi connectivity index (χ1n) is 9.25. The van der Waals surface area contributed by atoms with Crippen molar-refractivity contribution in [1.82, 2.24) is 24.8 Å². The Bertz CT molecular complexity index is 1140. The average molecular weight is 387 g/mol. The van der Waals surface area contributed by atoms with Crippen molar-refractivity contribution in [2.45, 2.75) is 13.0 Å². The summed E-state index contributed by atoms with van der Waals surface area (Å²) in [4.78, 5) is 24.9. The van der Waals surface area contributed by atoms with Crippen LogP contribution in [0.25, 0.3) is 16.9 Å². The fourth-order valence-electron chi connectivity index (χ4n) is 3.04. The molecule has 0 radical (unpaired) electrons. The van der Waals surface area contributed by atoms with Crippen molar-refractivity contribution >= 4 is 28.7 Å². The van der Waals surface area contributed by atoms with Crippen molar-refractivity contribution in [3.8, 4) is 5.82 Å². The molecule has 2 aromatic heterocycles. The van der Waals surface area contributed by atoms with Crippen molar-refractivity contribution < 1.29 is 4.79 Å². The normalized spacial score (nSPS) is 11.8. The van der Waals surface area contributed by atoms with Crippen LogP contribution in [-0.4, -0.2) is 32.6 Å². The molecule has 1 unspecified atom stereocenters. The number of urea groups is 1. The molecule has 29 heavy (non-hydrogen) atoms. The summed E-state index contributed by atoms with van der Waals surface area (Å²) < 4.78 is 1.89. The monoisotopic (exact) mass is 387 g/mol. The van der Waals surface area contributed by atoms with Crippen molar-refractivity contribution in [2.75, 3.05) is 17.7 Å². The molecule has 0 saturated heterocycles. The summed E-state index contributed by atoms with van der Waals surface area (Å²) in [6, 6.07) is 17.3. The van der Waals surface area contributed by atoms with Gasteiger partial charge in [-0.3, -0.25) is 4.57 Å². The number of hydrogen-bond acceptors (Lipinski definition) is 5. The van der Waals surface area contributed by atoms with Crippen LogP contribution in [-0.2, 0) is 0 Å². The van der Waals surface area contributed by atoms with Gasteiger partial charge in [-0.25, -0.2) is 14.8 Å². The van der Waals surface area contributed by atoms with Crippen molar-refractivity contribution in [3.63, 3.8) is 0 Å². The fraction of sp³-hybridized carbons (Fsp3) is 0.143. The fourth-order valence-corrected chi connectivity index (χ4v) is 3.04. The third-order valence-electron chi connectivity index (χ3n) is 4.57. The number of fused-ring (bicyclic) bond motifs is 1. The van der Waals surface area contributed by atoms with E-state index >= 15 is 0 Å². The molecule has 2 amide bonds. The lowest BCUT2D eigenvalue weighted by atomic mass is 10.1. The maximum atomic E-state index is 11.5. The number of carbonyl (C=O) groups is 1. The van der Waals surface area contributed by atoms with Gasteiger partial charge in [0.25, 0.3) is 0 Å². The molecule has 4 aromatic rings. The van der Waals surface area contributed by atoms with Gasteiger partial charge >= 0.3 is 6.03 Å². The number of rotatable bonds is 5. The molecule has 0 aliphatic heterocycles. The Kier molecular flexibility index (Phi) is 5.07. The highest BCUT2D eigenvalue weighted by molar-refractivity contribution is 5.92. The SMILES string of the molecule is CNC(=O)Nc1ccc2c(c1)ncn2-c1ccnc(NC(C)c2ccccc2)n1. The Balaban J connectivity index is 1.59. The van der Waals surface area contributed by atoms with Crippen molar-refractivity contribution in [3.05, 3.63) is 72.7 Å². The van der Waals surface area contributed by atoms with E-state index in [1.807, 2.05) is 47.0 Å². The summed E-state index contributed by atoms with van der Waals surface area (Å²) in [5.41, 5.74) is 3.47. The molecular formula is C21H21N7O. The van der Waals surface area contributed by atoms with E-state index in [9.17, 15) is 4.79 Å². The van der Waals surface area contributed by atoms with Crippen LogP contribution in [0.5, 0.6) is 0 Å². The standard InChI is InChI=1S/C21H21N7O/c1-14(15-6-4-3-5-7-15)25-20-23-11-10-19(27-20)28-13-24-17-12-16(8-9-18(17)28)26-21(29)22-2/h3-14H,1-2H3,(H2,22,26,29)(H,23,25,27). The van der Waals surface area contributed by atoms with Crippen molar-refractivity contribution in [1.29, 1.82) is 0 Å². The first-order chi connectivity index (χ1) is 14.1. The molecule has 4 rings (SSSR count). The van der Waals surface area contributed by atoms with Gasteiger partial charge in [-0.2, -0.15) is 4.98 Å². The topological polar surface area (TPSA) is 96.8 Å². The number of aromatic nitrogens is 4. The van der Waals surface area contributed by atoms with E-state index in [2.05, 4.69) is 50.0 Å². The molecule has 146 valence electrons. The number of hydrogen-bond donors (Lipinski definition) is 3. The van der Waals surface area contributed by atoms with Gasteiger partial charge in [0, 0.05) is 18.9 Å². The zero-order valence-electron chi connectivity index (χ0n) is 16.1. The van der Waals surface area contributed by atoms with E-state index in [-0.39, 0.29) is 12.1 Å². The maximum Gasteiger partial charge on any atom is 0.318 e. The van der Waals surface area contributed by atoms with Gasteiger partial charge in [-0.1, -0.05) is 30.3 Å². The number of nitrogens with one attached hydrogen (secondary N) is 3. The van der Waals surface area contributed by atoms with Crippen LogP contribution in [0.3, 0.4) is 0 Å². The third kappa shape index (κ3) is 4.01. The predicted molar refractivity (Wildman–Crippen MR) is 113 cm³/mol. The van der Waals surface area contributed by atoms with E-state index in [0.29, 0.717) is 17.5 Å². The lowest BCUT2D eigenvalue weighted by Crippen LogP contribution is -2.24. The molecule has 0 aliphatic carbocycles. The summed E-state index contributed by atoms with van der Waals surface area (Å²) in [5.74, 6) is 1.25. The van der Waals surface area contributed by atoms with Gasteiger partial charge < -0.3 is 16.0 Å². The number of nitrogens with zero attached hydrogens (tertiary/aromatic N) is 4. The first-order valence-corrected chi connectivity index (χ1v) is 9.25. The van der Waals surface area contributed by atoms with E-state index in [1.165, 1.54) is 0 Å². The van der Waals surface area contributed by atoms with Crippen LogP contribution in [0.2, 0.25) is 0 Å². The zero-order chi connectivity index (χ0) is 20.2. The highest BCUT2D eigenvalue weighted by Crippen LogP contribution is 2.22. The number of benzene rings is 2. The first kappa shape index (κ1) is 18.4. The second-order valence-corrected chi connectivity index (χ2v) is 6.54. The Morgan fingerprint density at radius 3 is 2.69 bits per heavy atom. The highest BCUT2D eigenvalue weighted by Gasteiger charge is 2.11. The summed E-state index contributed by atoms with van der Waals surface area (Å²) in [5, 5.41) is 8.61. The van der Waals surface area contributed by atoms with Crippen LogP contribution in [0, 0.1) is 0 Å². The molecule has 2 aromatic carbocycles. The van der Waals surface area contributed by atoms with Crippen LogP contribution in [0.4, 0.5) is 16.4 Å².